The summed E-state index contributed by atoms with van der Waals surface area (Å²) in [7, 11) is 3.26. The van der Waals surface area contributed by atoms with Crippen LogP contribution in [0.4, 0.5) is 0 Å². The van der Waals surface area contributed by atoms with Crippen LogP contribution < -0.4 is 9.47 Å². The number of methoxy groups -OCH3 is 2. The minimum Gasteiger partial charge on any atom is -0.496 e. The molecule has 0 saturated heterocycles. The van der Waals surface area contributed by atoms with Crippen molar-refractivity contribution in [3.8, 4) is 11.5 Å². The summed E-state index contributed by atoms with van der Waals surface area (Å²) in [5.74, 6) is 1.58. The zero-order chi connectivity index (χ0) is 9.84. The fourth-order valence-electron chi connectivity index (χ4n) is 1.05. The van der Waals surface area contributed by atoms with Crippen molar-refractivity contribution in [2.45, 2.75) is 10.2 Å². The first-order chi connectivity index (χ1) is 6.22. The molecule has 0 amide bonds. The van der Waals surface area contributed by atoms with Crippen molar-refractivity contribution in [2.24, 2.45) is 0 Å². The first kappa shape index (κ1) is 10.7. The molecule has 13 heavy (non-hydrogen) atoms. The van der Waals surface area contributed by atoms with Crippen LogP contribution in [0.5, 0.6) is 11.5 Å². The Morgan fingerprint density at radius 2 is 1.85 bits per heavy atom. The second kappa shape index (κ2) is 4.77. The van der Waals surface area contributed by atoms with Crippen LogP contribution >= 0.6 is 28.6 Å². The van der Waals surface area contributed by atoms with Gasteiger partial charge < -0.3 is 9.47 Å². The van der Waals surface area contributed by atoms with E-state index in [1.165, 1.54) is 0 Å². The van der Waals surface area contributed by atoms with Crippen molar-refractivity contribution in [2.75, 3.05) is 14.2 Å². The first-order valence-corrected chi connectivity index (χ1v) is 5.29. The molecule has 0 bridgehead atoms. The van der Waals surface area contributed by atoms with Gasteiger partial charge in [-0.05, 0) is 12.1 Å². The number of ether oxygens (including phenoxy) is 2. The van der Waals surface area contributed by atoms with E-state index in [9.17, 15) is 0 Å². The summed E-state index contributed by atoms with van der Waals surface area (Å²) in [4.78, 5) is 0.782. The summed E-state index contributed by atoms with van der Waals surface area (Å²) in [6.07, 6.45) is 0. The van der Waals surface area contributed by atoms with Gasteiger partial charge >= 0.3 is 0 Å². The molecule has 0 aliphatic heterocycles. The Bertz CT molecular complexity index is 302. The summed E-state index contributed by atoms with van der Waals surface area (Å²) >= 11 is 7.64. The minimum atomic E-state index is 0.737. The summed E-state index contributed by atoms with van der Waals surface area (Å²) in [5.41, 5.74) is 1.05. The maximum Gasteiger partial charge on any atom is 0.132 e. The summed E-state index contributed by atoms with van der Waals surface area (Å²) in [5, 5.41) is 0.737. The summed E-state index contributed by atoms with van der Waals surface area (Å²) in [6.45, 7) is 0. The topological polar surface area (TPSA) is 18.5 Å². The van der Waals surface area contributed by atoms with Crippen molar-refractivity contribution in [1.29, 1.82) is 0 Å². The van der Waals surface area contributed by atoms with Crippen LogP contribution in [0.15, 0.2) is 17.0 Å². The Hall–Kier alpha value is -0.350. The molecule has 2 nitrogen and oxygen atoms in total. The Morgan fingerprint density at radius 1 is 1.23 bits per heavy atom. The second-order valence-electron chi connectivity index (χ2n) is 2.47. The smallest absolute Gasteiger partial charge is 0.132 e. The lowest BCUT2D eigenvalue weighted by molar-refractivity contribution is 0.392. The molecule has 0 atom stereocenters. The molecule has 0 fully saturated rings. The molecule has 0 radical (unpaired) electrons. The largest absolute Gasteiger partial charge is 0.496 e. The van der Waals surface area contributed by atoms with Crippen LogP contribution in [0.3, 0.4) is 0 Å². The Kier molecular flexibility index (Phi) is 3.93. The minimum absolute atomic E-state index is 0.737. The van der Waals surface area contributed by atoms with E-state index < -0.39 is 0 Å². The van der Waals surface area contributed by atoms with Gasteiger partial charge in [0.15, 0.2) is 0 Å². The van der Waals surface area contributed by atoms with E-state index in [-0.39, 0.29) is 0 Å². The normalized spacial score (nSPS) is 9.85. The van der Waals surface area contributed by atoms with Crippen molar-refractivity contribution >= 4 is 28.6 Å². The van der Waals surface area contributed by atoms with E-state index in [4.69, 9.17) is 9.47 Å². The molecule has 0 aromatic heterocycles. The number of hydrogen-bond donors (Lipinski definition) is 1. The van der Waals surface area contributed by atoms with E-state index in [1.807, 2.05) is 12.1 Å². The van der Waals surface area contributed by atoms with Crippen LogP contribution in [-0.4, -0.2) is 14.2 Å². The van der Waals surface area contributed by atoms with Gasteiger partial charge in [-0.15, -0.1) is 12.6 Å². The van der Waals surface area contributed by atoms with Crippen molar-refractivity contribution in [1.82, 2.24) is 0 Å². The predicted molar refractivity (Wildman–Crippen MR) is 59.4 cm³/mol. The molecule has 0 N–H and O–H groups in total. The Morgan fingerprint density at radius 3 is 2.31 bits per heavy atom. The van der Waals surface area contributed by atoms with Crippen molar-refractivity contribution in [3.05, 3.63) is 17.7 Å². The summed E-state index contributed by atoms with van der Waals surface area (Å²) in [6, 6.07) is 3.76. The fourth-order valence-corrected chi connectivity index (χ4v) is 1.76. The SMILES string of the molecule is COc1cc(CBr)c(OC)cc1S. The zero-order valence-corrected chi connectivity index (χ0v) is 9.98. The summed E-state index contributed by atoms with van der Waals surface area (Å²) < 4.78 is 10.3. The molecule has 4 heteroatoms. The third-order valence-electron chi connectivity index (χ3n) is 1.73. The van der Waals surface area contributed by atoms with Crippen LogP contribution in [0, 0.1) is 0 Å². The lowest BCUT2D eigenvalue weighted by Crippen LogP contribution is -1.92. The Balaban J connectivity index is 3.18. The van der Waals surface area contributed by atoms with Crippen molar-refractivity contribution in [3.63, 3.8) is 0 Å². The molecule has 0 aliphatic rings. The molecule has 0 saturated carbocycles. The Labute approximate surface area is 91.8 Å². The van der Waals surface area contributed by atoms with E-state index in [2.05, 4.69) is 28.6 Å². The lowest BCUT2D eigenvalue weighted by Gasteiger charge is -2.10. The molecule has 1 rings (SSSR count). The molecule has 0 unspecified atom stereocenters. The third-order valence-corrected chi connectivity index (χ3v) is 2.68. The number of thiol groups is 1. The van der Waals surface area contributed by atoms with Crippen LogP contribution in [0.2, 0.25) is 0 Å². The van der Waals surface area contributed by atoms with Gasteiger partial charge in [0, 0.05) is 15.8 Å². The highest BCUT2D eigenvalue weighted by Gasteiger charge is 2.07. The van der Waals surface area contributed by atoms with Crippen LogP contribution in [-0.2, 0) is 5.33 Å². The van der Waals surface area contributed by atoms with Gasteiger partial charge in [-0.25, -0.2) is 0 Å². The van der Waals surface area contributed by atoms with Gasteiger partial charge in [0.1, 0.15) is 11.5 Å². The monoisotopic (exact) mass is 262 g/mol. The third kappa shape index (κ3) is 2.31. The molecule has 0 heterocycles. The average molecular weight is 263 g/mol. The molecular weight excluding hydrogens is 252 g/mol. The van der Waals surface area contributed by atoms with Crippen molar-refractivity contribution < 1.29 is 9.47 Å². The number of alkyl halides is 1. The molecular formula is C9H11BrO2S. The van der Waals surface area contributed by atoms with Gasteiger partial charge in [-0.1, -0.05) is 15.9 Å². The van der Waals surface area contributed by atoms with Crippen LogP contribution in [0.1, 0.15) is 5.56 Å². The fraction of sp³-hybridized carbons (Fsp3) is 0.333. The van der Waals surface area contributed by atoms with E-state index in [0.717, 1.165) is 27.3 Å². The molecule has 1 aromatic rings. The zero-order valence-electron chi connectivity index (χ0n) is 7.50. The van der Waals surface area contributed by atoms with Gasteiger partial charge in [-0.3, -0.25) is 0 Å². The molecule has 0 spiro atoms. The standard InChI is InChI=1S/C9H11BrO2S/c1-11-7-4-9(13)8(12-2)3-6(7)5-10/h3-4,13H,5H2,1-2H3. The van der Waals surface area contributed by atoms with Crippen LogP contribution in [0.25, 0.3) is 0 Å². The van der Waals surface area contributed by atoms with Gasteiger partial charge in [0.2, 0.25) is 0 Å². The highest BCUT2D eigenvalue weighted by molar-refractivity contribution is 9.08. The maximum absolute atomic E-state index is 5.18. The van der Waals surface area contributed by atoms with Gasteiger partial charge in [-0.2, -0.15) is 0 Å². The van der Waals surface area contributed by atoms with Gasteiger partial charge in [0.25, 0.3) is 0 Å². The molecule has 0 aliphatic carbocycles. The lowest BCUT2D eigenvalue weighted by atomic mass is 10.2. The highest BCUT2D eigenvalue weighted by atomic mass is 79.9. The number of hydrogen-bond acceptors (Lipinski definition) is 3. The highest BCUT2D eigenvalue weighted by Crippen LogP contribution is 2.32. The molecule has 1 aromatic carbocycles. The number of halogens is 1. The van der Waals surface area contributed by atoms with E-state index in [1.54, 1.807) is 14.2 Å². The van der Waals surface area contributed by atoms with E-state index in [0.29, 0.717) is 0 Å². The second-order valence-corrected chi connectivity index (χ2v) is 3.51. The predicted octanol–water partition coefficient (Wildman–Crippen LogP) is 2.89. The molecule has 72 valence electrons. The van der Waals surface area contributed by atoms with Gasteiger partial charge in [0.05, 0.1) is 14.2 Å². The quantitative estimate of drug-likeness (QED) is 0.667. The number of benzene rings is 1. The van der Waals surface area contributed by atoms with E-state index >= 15 is 0 Å². The first-order valence-electron chi connectivity index (χ1n) is 3.72. The number of rotatable bonds is 3. The maximum atomic E-state index is 5.18. The average Bonchev–Trinajstić information content (AvgIpc) is 2.17.